The summed E-state index contributed by atoms with van der Waals surface area (Å²) in [4.78, 5) is 2.52. The molecule has 2 heteroatoms. The minimum atomic E-state index is -0.623. The second kappa shape index (κ2) is 14.1. The normalized spacial score (nSPS) is 17.9. The molecule has 11 aromatic rings. The Bertz CT molecular complexity index is 3790. The standard InChI is InChI=1S/C65H45NS/c1-63(2)53-28-12-9-23-47(53)49-40-39-46(41-58(49)63)66(59-33-18-27-52-50-25-11-16-34-60(50)67-62(52)59)45-37-35-44(36-38-45)64(42-19-5-3-6-20-42)55-30-14-15-31-56(55)65(43-21-7-4-8-22-43)54-29-13-10-24-48(54)51-26-17-32-57(64)61(51)65/h3-41H,1-2H3. The summed E-state index contributed by atoms with van der Waals surface area (Å²) in [5.41, 5.74) is 20.7. The van der Waals surface area contributed by atoms with Crippen molar-refractivity contribution >= 4 is 48.6 Å². The Kier molecular flexibility index (Phi) is 8.11. The number of rotatable bonds is 6. The smallest absolute Gasteiger partial charge is 0.0720 e. The van der Waals surface area contributed by atoms with E-state index in [-0.39, 0.29) is 5.41 Å². The van der Waals surface area contributed by atoms with E-state index in [0.717, 1.165) is 11.4 Å². The average Bonchev–Trinajstić information content (AvgIpc) is 4.00. The highest BCUT2D eigenvalue weighted by Gasteiger charge is 2.57. The highest BCUT2D eigenvalue weighted by atomic mass is 32.1. The van der Waals surface area contributed by atoms with Crippen molar-refractivity contribution in [3.05, 3.63) is 292 Å². The molecule has 1 heterocycles. The zero-order valence-electron chi connectivity index (χ0n) is 37.4. The van der Waals surface area contributed by atoms with Gasteiger partial charge < -0.3 is 4.90 Å². The van der Waals surface area contributed by atoms with Gasteiger partial charge in [-0.2, -0.15) is 0 Å². The number of benzene rings is 10. The predicted octanol–water partition coefficient (Wildman–Crippen LogP) is 16.9. The fourth-order valence-electron chi connectivity index (χ4n) is 12.9. The molecule has 0 saturated carbocycles. The van der Waals surface area contributed by atoms with Gasteiger partial charge in [-0.3, -0.25) is 0 Å². The monoisotopic (exact) mass is 871 g/mol. The molecule has 3 aliphatic rings. The van der Waals surface area contributed by atoms with Crippen molar-refractivity contribution in [3.63, 3.8) is 0 Å². The molecule has 0 amide bonds. The first-order valence-corrected chi connectivity index (χ1v) is 24.3. The van der Waals surface area contributed by atoms with E-state index in [2.05, 4.69) is 255 Å². The molecule has 1 aromatic heterocycles. The Morgan fingerprint density at radius 3 is 1.60 bits per heavy atom. The van der Waals surface area contributed by atoms with Crippen LogP contribution in [0.3, 0.4) is 0 Å². The number of anilines is 3. The van der Waals surface area contributed by atoms with Gasteiger partial charge in [0.1, 0.15) is 0 Å². The molecule has 3 aliphatic carbocycles. The van der Waals surface area contributed by atoms with Gasteiger partial charge in [-0.25, -0.2) is 0 Å². The molecule has 14 rings (SSSR count). The van der Waals surface area contributed by atoms with Crippen LogP contribution in [-0.4, -0.2) is 0 Å². The van der Waals surface area contributed by atoms with E-state index in [4.69, 9.17) is 0 Å². The molecule has 2 atom stereocenters. The Balaban J connectivity index is 1.03. The highest BCUT2D eigenvalue weighted by Crippen LogP contribution is 2.66. The quantitative estimate of drug-likeness (QED) is 0.161. The molecule has 0 fully saturated rings. The molecule has 0 radical (unpaired) electrons. The van der Waals surface area contributed by atoms with Crippen LogP contribution in [0.25, 0.3) is 42.4 Å². The second-order valence-corrected chi connectivity index (χ2v) is 20.1. The largest absolute Gasteiger partial charge is 0.309 e. The van der Waals surface area contributed by atoms with Gasteiger partial charge in [0.25, 0.3) is 0 Å². The van der Waals surface area contributed by atoms with Crippen LogP contribution >= 0.6 is 11.3 Å². The summed E-state index contributed by atoms with van der Waals surface area (Å²) >= 11 is 1.89. The zero-order chi connectivity index (χ0) is 44.5. The molecule has 0 saturated heterocycles. The summed E-state index contributed by atoms with van der Waals surface area (Å²) in [7, 11) is 0. The average molecular weight is 872 g/mol. The molecule has 1 nitrogen and oxygen atoms in total. The SMILES string of the molecule is CC1(C)c2ccccc2-c2ccc(N(c3ccc(C4(c5ccccc5)c5ccccc5C5(c6ccccc6)c6ccccc6-c6cccc4c65)cc3)c3cccc4c3sc3ccccc34)cc21. The van der Waals surface area contributed by atoms with E-state index in [1.54, 1.807) is 0 Å². The maximum absolute atomic E-state index is 2.52. The van der Waals surface area contributed by atoms with Crippen molar-refractivity contribution in [2.75, 3.05) is 4.90 Å². The Morgan fingerprint density at radius 2 is 0.851 bits per heavy atom. The maximum Gasteiger partial charge on any atom is 0.0720 e. The van der Waals surface area contributed by atoms with Crippen LogP contribution in [0.4, 0.5) is 17.1 Å². The van der Waals surface area contributed by atoms with E-state index in [9.17, 15) is 0 Å². The third-order valence-electron chi connectivity index (χ3n) is 15.6. The minimum absolute atomic E-state index is 0.137. The van der Waals surface area contributed by atoms with Crippen LogP contribution in [0, 0.1) is 0 Å². The van der Waals surface area contributed by atoms with Crippen LogP contribution in [-0.2, 0) is 16.2 Å². The highest BCUT2D eigenvalue weighted by molar-refractivity contribution is 7.26. The van der Waals surface area contributed by atoms with Gasteiger partial charge in [0.15, 0.2) is 0 Å². The van der Waals surface area contributed by atoms with E-state index in [0.29, 0.717) is 0 Å². The summed E-state index contributed by atoms with van der Waals surface area (Å²) < 4.78 is 2.59. The van der Waals surface area contributed by atoms with Gasteiger partial charge in [0.05, 0.1) is 21.2 Å². The summed E-state index contributed by atoms with van der Waals surface area (Å²) in [5.74, 6) is 0. The van der Waals surface area contributed by atoms with Crippen molar-refractivity contribution in [2.24, 2.45) is 0 Å². The van der Waals surface area contributed by atoms with Gasteiger partial charge >= 0.3 is 0 Å². The number of fused-ring (bicyclic) bond motifs is 11. The Hall–Kier alpha value is -7.78. The molecule has 10 aromatic carbocycles. The van der Waals surface area contributed by atoms with Gasteiger partial charge in [0, 0.05) is 32.3 Å². The third-order valence-corrected chi connectivity index (χ3v) is 16.8. The summed E-state index contributed by atoms with van der Waals surface area (Å²) in [5, 5.41) is 2.59. The maximum atomic E-state index is 2.52. The van der Waals surface area contributed by atoms with Crippen molar-refractivity contribution in [2.45, 2.75) is 30.1 Å². The third kappa shape index (κ3) is 5.03. The van der Waals surface area contributed by atoms with E-state index >= 15 is 0 Å². The fraction of sp³-hybridized carbons (Fsp3) is 0.0769. The van der Waals surface area contributed by atoms with E-state index in [1.807, 2.05) is 11.3 Å². The van der Waals surface area contributed by atoms with Crippen LogP contribution in [0.1, 0.15) is 69.5 Å². The number of hydrogen-bond donors (Lipinski definition) is 0. The van der Waals surface area contributed by atoms with Gasteiger partial charge in [-0.05, 0) is 114 Å². The lowest BCUT2D eigenvalue weighted by Crippen LogP contribution is -2.44. The first kappa shape index (κ1) is 38.5. The van der Waals surface area contributed by atoms with Gasteiger partial charge in [-0.1, -0.05) is 214 Å². The first-order valence-electron chi connectivity index (χ1n) is 23.5. The molecule has 0 aliphatic heterocycles. The fourth-order valence-corrected chi connectivity index (χ4v) is 14.1. The molecular formula is C65H45NS. The van der Waals surface area contributed by atoms with Crippen molar-refractivity contribution < 1.29 is 0 Å². The first-order chi connectivity index (χ1) is 33.0. The molecule has 0 spiro atoms. The second-order valence-electron chi connectivity index (χ2n) is 19.1. The molecule has 316 valence electrons. The predicted molar refractivity (Wildman–Crippen MR) is 281 cm³/mol. The lowest BCUT2D eigenvalue weighted by atomic mass is 9.52. The van der Waals surface area contributed by atoms with Crippen molar-refractivity contribution in [3.8, 4) is 22.3 Å². The van der Waals surface area contributed by atoms with Gasteiger partial charge in [-0.15, -0.1) is 11.3 Å². The van der Waals surface area contributed by atoms with E-state index in [1.165, 1.54) is 104 Å². The Morgan fingerprint density at radius 1 is 0.343 bits per heavy atom. The minimum Gasteiger partial charge on any atom is -0.309 e. The van der Waals surface area contributed by atoms with Crippen LogP contribution in [0.15, 0.2) is 237 Å². The van der Waals surface area contributed by atoms with E-state index < -0.39 is 10.8 Å². The lowest BCUT2D eigenvalue weighted by molar-refractivity contribution is 0.626. The summed E-state index contributed by atoms with van der Waals surface area (Å²) in [6.45, 7) is 4.76. The topological polar surface area (TPSA) is 3.24 Å². The number of thiophene rings is 1. The zero-order valence-corrected chi connectivity index (χ0v) is 38.2. The van der Waals surface area contributed by atoms with Crippen molar-refractivity contribution in [1.82, 2.24) is 0 Å². The Labute approximate surface area is 395 Å². The van der Waals surface area contributed by atoms with Crippen LogP contribution < -0.4 is 4.90 Å². The number of nitrogens with zero attached hydrogens (tertiary/aromatic N) is 1. The molecular weight excluding hydrogens is 827 g/mol. The van der Waals surface area contributed by atoms with Crippen LogP contribution in [0.5, 0.6) is 0 Å². The summed E-state index contributed by atoms with van der Waals surface area (Å²) in [6.07, 6.45) is 0. The van der Waals surface area contributed by atoms with Gasteiger partial charge in [0.2, 0.25) is 0 Å². The molecule has 0 bridgehead atoms. The number of hydrogen-bond acceptors (Lipinski definition) is 2. The lowest BCUT2D eigenvalue weighted by Gasteiger charge is -2.49. The van der Waals surface area contributed by atoms with Crippen molar-refractivity contribution in [1.29, 1.82) is 0 Å². The van der Waals surface area contributed by atoms with Crippen LogP contribution in [0.2, 0.25) is 0 Å². The molecule has 67 heavy (non-hydrogen) atoms. The molecule has 2 unspecified atom stereocenters. The summed E-state index contributed by atoms with van der Waals surface area (Å²) in [6, 6.07) is 89.5. The molecule has 0 N–H and O–H groups in total.